The van der Waals surface area contributed by atoms with Crippen molar-refractivity contribution in [3.8, 4) is 0 Å². The molecule has 2 amide bonds. The van der Waals surface area contributed by atoms with Crippen LogP contribution in [0.2, 0.25) is 0 Å². The van der Waals surface area contributed by atoms with Crippen LogP contribution in [0.3, 0.4) is 0 Å². The molecule has 2 aromatic rings. The van der Waals surface area contributed by atoms with E-state index in [1.807, 2.05) is 17.5 Å². The highest BCUT2D eigenvalue weighted by Gasteiger charge is 2.35. The van der Waals surface area contributed by atoms with Crippen LogP contribution in [0.25, 0.3) is 0 Å². The third-order valence-corrected chi connectivity index (χ3v) is 6.97. The van der Waals surface area contributed by atoms with Gasteiger partial charge in [0.05, 0.1) is 25.0 Å². The first-order valence-corrected chi connectivity index (χ1v) is 12.2. The molecule has 1 saturated heterocycles. The Labute approximate surface area is 197 Å². The number of morpholine rings is 1. The van der Waals surface area contributed by atoms with Crippen molar-refractivity contribution in [3.05, 3.63) is 58.0 Å². The number of halogens is 1. The van der Waals surface area contributed by atoms with E-state index < -0.39 is 0 Å². The molecule has 2 aliphatic heterocycles. The normalized spacial score (nSPS) is 18.9. The van der Waals surface area contributed by atoms with Crippen molar-refractivity contribution in [1.82, 2.24) is 14.8 Å². The Bertz CT molecular complexity index is 991. The van der Waals surface area contributed by atoms with Gasteiger partial charge < -0.3 is 9.64 Å². The van der Waals surface area contributed by atoms with Gasteiger partial charge in [-0.05, 0) is 17.5 Å². The summed E-state index contributed by atoms with van der Waals surface area (Å²) >= 11 is 1.54. The minimum absolute atomic E-state index is 0.0487. The fourth-order valence-corrected chi connectivity index (χ4v) is 4.95. The van der Waals surface area contributed by atoms with E-state index in [1.54, 1.807) is 41.4 Å². The Morgan fingerprint density at radius 1 is 1.21 bits per heavy atom. The summed E-state index contributed by atoms with van der Waals surface area (Å²) in [6.45, 7) is 5.94. The lowest BCUT2D eigenvalue weighted by atomic mass is 10.0. The fourth-order valence-electron chi connectivity index (χ4n) is 4.14. The lowest BCUT2D eigenvalue weighted by Crippen LogP contribution is -2.46. The average molecular weight is 473 g/mol. The van der Waals surface area contributed by atoms with E-state index in [-0.39, 0.29) is 30.2 Å². The highest BCUT2D eigenvalue weighted by Crippen LogP contribution is 2.35. The summed E-state index contributed by atoms with van der Waals surface area (Å²) in [6, 6.07) is 10.1. The number of carbonyl (C=O) groups excluding carboxylic acids is 2. The molecule has 2 aliphatic rings. The molecule has 1 fully saturated rings. The summed E-state index contributed by atoms with van der Waals surface area (Å²) in [5.74, 6) is -0.686. The monoisotopic (exact) mass is 472 g/mol. The number of thiophene rings is 1. The molecular weight excluding hydrogens is 443 g/mol. The molecule has 176 valence electrons. The van der Waals surface area contributed by atoms with Gasteiger partial charge in [-0.15, -0.1) is 11.3 Å². The van der Waals surface area contributed by atoms with E-state index in [9.17, 15) is 14.0 Å². The predicted molar refractivity (Wildman–Crippen MR) is 126 cm³/mol. The van der Waals surface area contributed by atoms with Gasteiger partial charge in [-0.2, -0.15) is 5.10 Å². The Hall–Kier alpha value is -2.62. The maximum Gasteiger partial charge on any atom is 0.262 e. The average Bonchev–Trinajstić information content (AvgIpc) is 3.52. The zero-order valence-electron chi connectivity index (χ0n) is 18.8. The molecule has 33 heavy (non-hydrogen) atoms. The SMILES string of the molecule is CCC(=O)N(CCN1CCOCC1)CC(=O)N1N=C(c2ccccc2F)C[C@@H]1c1cccs1. The van der Waals surface area contributed by atoms with E-state index in [0.29, 0.717) is 50.4 Å². The van der Waals surface area contributed by atoms with Crippen molar-refractivity contribution < 1.29 is 18.7 Å². The summed E-state index contributed by atoms with van der Waals surface area (Å²) in [6.07, 6.45) is 0.761. The molecule has 0 saturated carbocycles. The molecule has 0 spiro atoms. The molecule has 3 heterocycles. The molecule has 4 rings (SSSR count). The van der Waals surface area contributed by atoms with Crippen LogP contribution in [0.5, 0.6) is 0 Å². The minimum atomic E-state index is -0.358. The fraction of sp³-hybridized carbons (Fsp3) is 0.458. The molecule has 9 heteroatoms. The molecule has 7 nitrogen and oxygen atoms in total. The highest BCUT2D eigenvalue weighted by molar-refractivity contribution is 7.10. The second-order valence-electron chi connectivity index (χ2n) is 8.12. The Morgan fingerprint density at radius 2 is 2.00 bits per heavy atom. The van der Waals surface area contributed by atoms with E-state index in [4.69, 9.17) is 4.74 Å². The van der Waals surface area contributed by atoms with Crippen LogP contribution < -0.4 is 0 Å². The number of carbonyl (C=O) groups is 2. The highest BCUT2D eigenvalue weighted by atomic mass is 32.1. The van der Waals surface area contributed by atoms with Crippen LogP contribution in [0, 0.1) is 5.82 Å². The first-order chi connectivity index (χ1) is 16.1. The second kappa shape index (κ2) is 11.0. The first kappa shape index (κ1) is 23.5. The van der Waals surface area contributed by atoms with Gasteiger partial charge in [0.2, 0.25) is 5.91 Å². The Balaban J connectivity index is 1.51. The van der Waals surface area contributed by atoms with Crippen molar-refractivity contribution >= 4 is 28.9 Å². The first-order valence-electron chi connectivity index (χ1n) is 11.3. The quantitative estimate of drug-likeness (QED) is 0.592. The van der Waals surface area contributed by atoms with Crippen molar-refractivity contribution in [2.45, 2.75) is 25.8 Å². The zero-order valence-corrected chi connectivity index (χ0v) is 19.6. The number of rotatable bonds is 8. The smallest absolute Gasteiger partial charge is 0.262 e. The van der Waals surface area contributed by atoms with Gasteiger partial charge in [0, 0.05) is 49.5 Å². The van der Waals surface area contributed by atoms with Crippen LogP contribution in [0.1, 0.15) is 36.2 Å². The Morgan fingerprint density at radius 3 is 2.70 bits per heavy atom. The summed E-state index contributed by atoms with van der Waals surface area (Å²) in [5, 5.41) is 7.94. The summed E-state index contributed by atoms with van der Waals surface area (Å²) in [5.41, 5.74) is 0.949. The number of benzene rings is 1. The molecule has 0 radical (unpaired) electrons. The number of amides is 2. The number of hydrogen-bond donors (Lipinski definition) is 0. The summed E-state index contributed by atoms with van der Waals surface area (Å²) in [4.78, 5) is 30.8. The van der Waals surface area contributed by atoms with E-state index >= 15 is 0 Å². The molecule has 0 N–H and O–H groups in total. The number of ether oxygens (including phenoxy) is 1. The molecule has 0 bridgehead atoms. The molecule has 1 aromatic carbocycles. The second-order valence-corrected chi connectivity index (χ2v) is 9.10. The van der Waals surface area contributed by atoms with Gasteiger partial charge in [0.25, 0.3) is 5.91 Å². The molecule has 1 atom stereocenters. The lowest BCUT2D eigenvalue weighted by molar-refractivity contribution is -0.141. The van der Waals surface area contributed by atoms with Crippen molar-refractivity contribution in [2.75, 3.05) is 45.9 Å². The predicted octanol–water partition coefficient (Wildman–Crippen LogP) is 3.14. The molecule has 1 aromatic heterocycles. The van der Waals surface area contributed by atoms with Crippen LogP contribution in [-0.4, -0.2) is 78.3 Å². The molecule has 0 unspecified atom stereocenters. The van der Waals surface area contributed by atoms with E-state index in [0.717, 1.165) is 18.0 Å². The van der Waals surface area contributed by atoms with Gasteiger partial charge in [-0.25, -0.2) is 9.40 Å². The summed E-state index contributed by atoms with van der Waals surface area (Å²) in [7, 11) is 0. The van der Waals surface area contributed by atoms with Crippen LogP contribution >= 0.6 is 11.3 Å². The minimum Gasteiger partial charge on any atom is -0.379 e. The number of hydrazone groups is 1. The Kier molecular flexibility index (Phi) is 7.85. The summed E-state index contributed by atoms with van der Waals surface area (Å²) < 4.78 is 19.8. The topological polar surface area (TPSA) is 65.5 Å². The van der Waals surface area contributed by atoms with Gasteiger partial charge in [-0.3, -0.25) is 14.5 Å². The molecular formula is C24H29FN4O3S. The zero-order chi connectivity index (χ0) is 23.2. The number of hydrogen-bond acceptors (Lipinski definition) is 6. The number of nitrogens with zero attached hydrogens (tertiary/aromatic N) is 4. The van der Waals surface area contributed by atoms with Gasteiger partial charge in [0.1, 0.15) is 12.4 Å². The standard InChI is InChI=1S/C24H29FN4O3S/c1-2-23(30)28(10-9-27-11-13-32-14-12-27)17-24(31)29-21(22-8-5-15-33-22)16-20(26-29)18-6-3-4-7-19(18)25/h3-8,15,21H,2,9-14,16-17H2,1H3/t21-/m1/s1. The van der Waals surface area contributed by atoms with Crippen molar-refractivity contribution in [1.29, 1.82) is 0 Å². The maximum absolute atomic E-state index is 14.4. The van der Waals surface area contributed by atoms with Crippen LogP contribution in [0.15, 0.2) is 46.9 Å². The van der Waals surface area contributed by atoms with Crippen molar-refractivity contribution in [3.63, 3.8) is 0 Å². The van der Waals surface area contributed by atoms with Crippen LogP contribution in [-0.2, 0) is 14.3 Å². The molecule has 0 aliphatic carbocycles. The van der Waals surface area contributed by atoms with Gasteiger partial charge in [0.15, 0.2) is 0 Å². The lowest BCUT2D eigenvalue weighted by Gasteiger charge is -2.30. The van der Waals surface area contributed by atoms with Crippen molar-refractivity contribution in [2.24, 2.45) is 5.10 Å². The third-order valence-electron chi connectivity index (χ3n) is 5.99. The largest absolute Gasteiger partial charge is 0.379 e. The van der Waals surface area contributed by atoms with Crippen LogP contribution in [0.4, 0.5) is 4.39 Å². The van der Waals surface area contributed by atoms with E-state index in [2.05, 4.69) is 10.0 Å². The van der Waals surface area contributed by atoms with Gasteiger partial charge in [-0.1, -0.05) is 31.2 Å². The maximum atomic E-state index is 14.4. The van der Waals surface area contributed by atoms with E-state index in [1.165, 1.54) is 11.1 Å². The third kappa shape index (κ3) is 5.66. The van der Waals surface area contributed by atoms with Gasteiger partial charge >= 0.3 is 0 Å².